The number of carboxylic acids is 1. The van der Waals surface area contributed by atoms with Gasteiger partial charge in [0.25, 0.3) is 0 Å². The van der Waals surface area contributed by atoms with Gasteiger partial charge in [-0.2, -0.15) is 0 Å². The van der Waals surface area contributed by atoms with E-state index in [0.29, 0.717) is 11.1 Å². The zero-order valence-electron chi connectivity index (χ0n) is 21.0. The van der Waals surface area contributed by atoms with E-state index < -0.39 is 54.7 Å². The minimum absolute atomic E-state index is 0.159. The third kappa shape index (κ3) is 7.27. The zero-order chi connectivity index (χ0) is 28.7. The molecule has 1 fully saturated rings. The molecule has 0 aliphatic heterocycles. The molecule has 4 atom stereocenters. The number of esters is 2. The Hall–Kier alpha value is -4.55. The van der Waals surface area contributed by atoms with E-state index in [1.165, 1.54) is 50.6 Å². The Balaban J connectivity index is 1.75. The molecule has 12 heteroatoms. The van der Waals surface area contributed by atoms with Crippen LogP contribution in [0.1, 0.15) is 24.0 Å². The highest BCUT2D eigenvalue weighted by molar-refractivity contribution is 5.88. The molecule has 1 aliphatic carbocycles. The molecular formula is C27H28O12. The second kappa shape index (κ2) is 12.3. The minimum Gasteiger partial charge on any atom is -0.504 e. The van der Waals surface area contributed by atoms with Gasteiger partial charge in [-0.3, -0.25) is 0 Å². The topological polar surface area (TPSA) is 189 Å². The summed E-state index contributed by atoms with van der Waals surface area (Å²) < 4.78 is 20.5. The lowest BCUT2D eigenvalue weighted by molar-refractivity contribution is -0.204. The molecule has 0 amide bonds. The lowest BCUT2D eigenvalue weighted by atomic mass is 9.79. The van der Waals surface area contributed by atoms with Crippen LogP contribution in [0.2, 0.25) is 0 Å². The summed E-state index contributed by atoms with van der Waals surface area (Å²) in [5.74, 6) is -3.46. The van der Waals surface area contributed by atoms with E-state index in [9.17, 15) is 39.9 Å². The van der Waals surface area contributed by atoms with Gasteiger partial charge in [-0.05, 0) is 47.5 Å². The Morgan fingerprint density at radius 1 is 0.846 bits per heavy atom. The number of carbonyl (C=O) groups excluding carboxylic acids is 2. The Kier molecular flexibility index (Phi) is 9.17. The average molecular weight is 545 g/mol. The van der Waals surface area contributed by atoms with Crippen molar-refractivity contribution >= 4 is 30.1 Å². The number of phenolic OH excluding ortho intramolecular Hbond substituents is 2. The van der Waals surface area contributed by atoms with E-state index in [1.54, 1.807) is 12.1 Å². The summed E-state index contributed by atoms with van der Waals surface area (Å²) in [6.45, 7) is 0. The molecule has 0 heterocycles. The molecule has 0 bridgehead atoms. The van der Waals surface area contributed by atoms with Crippen LogP contribution in [-0.2, 0) is 23.9 Å². The summed E-state index contributed by atoms with van der Waals surface area (Å²) in [5, 5.41) is 50.2. The first-order chi connectivity index (χ1) is 18.4. The van der Waals surface area contributed by atoms with Gasteiger partial charge >= 0.3 is 17.9 Å². The highest BCUT2D eigenvalue weighted by Gasteiger charge is 2.52. The predicted molar refractivity (Wildman–Crippen MR) is 135 cm³/mol. The number of aliphatic hydroxyl groups excluding tert-OH is 1. The molecule has 2 aromatic rings. The standard InChI is InChI=1S/C27H28O12/c1-36-20-7-3-15(11-17(20)28)5-9-23(31)38-22-14-27(35,26(33)34)13-19(30)25(22)39-24(32)10-6-16-4-8-21(37-2)18(29)12-16/h3-12,19,22,25,28-30,35H,13-14H2,1-2H3,(H,33,34)/b9-5+,10-6+/t19-,22-,25-,27+/m1/s1. The van der Waals surface area contributed by atoms with Crippen LogP contribution >= 0.6 is 0 Å². The molecule has 39 heavy (non-hydrogen) atoms. The molecule has 0 spiro atoms. The van der Waals surface area contributed by atoms with Crippen molar-refractivity contribution in [1.82, 2.24) is 0 Å². The monoisotopic (exact) mass is 544 g/mol. The molecule has 3 rings (SSSR count). The van der Waals surface area contributed by atoms with Crippen molar-refractivity contribution in [2.24, 2.45) is 0 Å². The quantitative estimate of drug-likeness (QED) is 0.227. The number of hydrogen-bond donors (Lipinski definition) is 5. The molecule has 2 aromatic carbocycles. The Morgan fingerprint density at radius 3 is 1.77 bits per heavy atom. The summed E-state index contributed by atoms with van der Waals surface area (Å²) in [6, 6.07) is 8.73. The summed E-state index contributed by atoms with van der Waals surface area (Å²) in [7, 11) is 2.76. The van der Waals surface area contributed by atoms with Gasteiger partial charge in [0.1, 0.15) is 6.10 Å². The lowest BCUT2D eigenvalue weighted by Gasteiger charge is -2.40. The number of phenols is 2. The van der Waals surface area contributed by atoms with E-state index in [4.69, 9.17) is 18.9 Å². The Bertz CT molecular complexity index is 1280. The Morgan fingerprint density at radius 2 is 1.33 bits per heavy atom. The van der Waals surface area contributed by atoms with Crippen molar-refractivity contribution in [3.05, 3.63) is 59.7 Å². The third-order valence-electron chi connectivity index (χ3n) is 5.98. The van der Waals surface area contributed by atoms with Crippen molar-refractivity contribution in [2.45, 2.75) is 36.8 Å². The predicted octanol–water partition coefficient (Wildman–Crippen LogP) is 1.64. The number of carbonyl (C=O) groups is 3. The van der Waals surface area contributed by atoms with Crippen molar-refractivity contribution in [3.63, 3.8) is 0 Å². The highest BCUT2D eigenvalue weighted by atomic mass is 16.6. The molecule has 1 aliphatic rings. The van der Waals surface area contributed by atoms with Crippen molar-refractivity contribution in [3.8, 4) is 23.0 Å². The average Bonchev–Trinajstić information content (AvgIpc) is 2.88. The molecule has 0 saturated heterocycles. The second-order valence-corrected chi connectivity index (χ2v) is 8.72. The summed E-state index contributed by atoms with van der Waals surface area (Å²) in [4.78, 5) is 36.6. The zero-order valence-corrected chi connectivity index (χ0v) is 21.0. The van der Waals surface area contributed by atoms with Crippen LogP contribution in [0.5, 0.6) is 23.0 Å². The molecule has 1 saturated carbocycles. The van der Waals surface area contributed by atoms with Gasteiger partial charge < -0.3 is 44.5 Å². The van der Waals surface area contributed by atoms with Crippen LogP contribution < -0.4 is 9.47 Å². The molecule has 208 valence electrons. The van der Waals surface area contributed by atoms with Gasteiger partial charge in [0, 0.05) is 25.0 Å². The number of aliphatic hydroxyl groups is 2. The van der Waals surface area contributed by atoms with Crippen LogP contribution in [0.15, 0.2) is 48.6 Å². The fourth-order valence-electron chi connectivity index (χ4n) is 3.99. The van der Waals surface area contributed by atoms with Gasteiger partial charge in [0.2, 0.25) is 0 Å². The van der Waals surface area contributed by atoms with E-state index >= 15 is 0 Å². The van der Waals surface area contributed by atoms with Crippen molar-refractivity contribution < 1.29 is 58.9 Å². The fraction of sp³-hybridized carbons (Fsp3) is 0.296. The largest absolute Gasteiger partial charge is 0.504 e. The van der Waals surface area contributed by atoms with E-state index in [2.05, 4.69) is 0 Å². The molecule has 0 unspecified atom stereocenters. The van der Waals surface area contributed by atoms with Crippen molar-refractivity contribution in [1.29, 1.82) is 0 Å². The van der Waals surface area contributed by atoms with Crippen LogP contribution in [0.3, 0.4) is 0 Å². The maximum Gasteiger partial charge on any atom is 0.335 e. The third-order valence-corrected chi connectivity index (χ3v) is 5.98. The van der Waals surface area contributed by atoms with E-state index in [0.717, 1.165) is 12.2 Å². The lowest BCUT2D eigenvalue weighted by Crippen LogP contribution is -2.58. The Labute approximate surface area is 222 Å². The first kappa shape index (κ1) is 29.0. The van der Waals surface area contributed by atoms with Crippen LogP contribution in [0, 0.1) is 0 Å². The van der Waals surface area contributed by atoms with Gasteiger partial charge in [0.05, 0.1) is 20.3 Å². The first-order valence-electron chi connectivity index (χ1n) is 11.6. The molecule has 0 aromatic heterocycles. The van der Waals surface area contributed by atoms with Crippen LogP contribution in [0.25, 0.3) is 12.2 Å². The number of carboxylic acid groups (broad SMARTS) is 1. The molecule has 0 radical (unpaired) electrons. The summed E-state index contributed by atoms with van der Waals surface area (Å²) in [6.07, 6.45) is -1.41. The first-order valence-corrected chi connectivity index (χ1v) is 11.6. The van der Waals surface area contributed by atoms with E-state index in [1.807, 2.05) is 0 Å². The SMILES string of the molecule is COc1ccc(/C=C/C(=O)O[C@@H]2[C@H](O)C[C@@](O)(C(=O)O)C[C@H]2OC(=O)/C=C/c2ccc(OC)c(O)c2)cc1O. The van der Waals surface area contributed by atoms with Crippen LogP contribution in [0.4, 0.5) is 0 Å². The van der Waals surface area contributed by atoms with Gasteiger partial charge in [-0.25, -0.2) is 14.4 Å². The number of aromatic hydroxyl groups is 2. The second-order valence-electron chi connectivity index (χ2n) is 8.72. The number of aliphatic carboxylic acids is 1. The number of ether oxygens (including phenoxy) is 4. The number of rotatable bonds is 9. The molecule has 12 nitrogen and oxygen atoms in total. The van der Waals surface area contributed by atoms with Crippen LogP contribution in [-0.4, -0.2) is 81.6 Å². The van der Waals surface area contributed by atoms with Gasteiger partial charge in [0.15, 0.2) is 34.7 Å². The number of benzene rings is 2. The number of methoxy groups -OCH3 is 2. The molecule has 5 N–H and O–H groups in total. The maximum atomic E-state index is 12.5. The van der Waals surface area contributed by atoms with Gasteiger partial charge in [-0.1, -0.05) is 12.1 Å². The summed E-state index contributed by atoms with van der Waals surface area (Å²) in [5.41, 5.74) is -1.60. The minimum atomic E-state index is -2.44. The number of hydrogen-bond acceptors (Lipinski definition) is 11. The summed E-state index contributed by atoms with van der Waals surface area (Å²) >= 11 is 0. The smallest absolute Gasteiger partial charge is 0.335 e. The normalized spacial score (nSPS) is 22.9. The molecular weight excluding hydrogens is 516 g/mol. The fourth-order valence-corrected chi connectivity index (χ4v) is 3.99. The highest BCUT2D eigenvalue weighted by Crippen LogP contribution is 2.34. The van der Waals surface area contributed by atoms with Gasteiger partial charge in [-0.15, -0.1) is 0 Å². The van der Waals surface area contributed by atoms with E-state index in [-0.39, 0.29) is 23.0 Å². The maximum absolute atomic E-state index is 12.5. The van der Waals surface area contributed by atoms with Crippen molar-refractivity contribution in [2.75, 3.05) is 14.2 Å².